The van der Waals surface area contributed by atoms with Crippen LogP contribution in [0.2, 0.25) is 0 Å². The maximum Gasteiger partial charge on any atom is 3.00 e. The Bertz CT molecular complexity index is 570. The predicted octanol–water partition coefficient (Wildman–Crippen LogP) is 7.27. The van der Waals surface area contributed by atoms with Crippen molar-refractivity contribution in [2.75, 3.05) is 0 Å². The van der Waals surface area contributed by atoms with E-state index in [9.17, 15) is 0 Å². The third-order valence-corrected chi connectivity index (χ3v) is 7.80. The summed E-state index contributed by atoms with van der Waals surface area (Å²) in [6.07, 6.45) is 4.48. The van der Waals surface area contributed by atoms with Gasteiger partial charge in [0.25, 0.3) is 0 Å². The maximum absolute atomic E-state index is 2.24. The Balaban J connectivity index is 0.000000160. The average Bonchev–Trinajstić information content (AvgIpc) is 3.31. The summed E-state index contributed by atoms with van der Waals surface area (Å²) >= 11 is 0. The molecule has 2 aliphatic rings. The normalized spacial score (nSPS) is 21.4. The van der Waals surface area contributed by atoms with Crippen molar-refractivity contribution in [3.8, 4) is 0 Å². The van der Waals surface area contributed by atoms with Crippen molar-refractivity contribution in [1.29, 1.82) is 0 Å². The summed E-state index contributed by atoms with van der Waals surface area (Å²) in [5.74, 6) is 0. The first-order valence-corrected chi connectivity index (χ1v) is 11.6. The van der Waals surface area contributed by atoms with Gasteiger partial charge < -0.3 is 0 Å². The van der Waals surface area contributed by atoms with Crippen LogP contribution in [0.25, 0.3) is 0 Å². The first kappa shape index (κ1) is 19.1. The molecule has 2 aromatic carbocycles. The van der Waals surface area contributed by atoms with E-state index in [2.05, 4.69) is 83.6 Å². The maximum atomic E-state index is 2.24. The van der Waals surface area contributed by atoms with Crippen molar-refractivity contribution >= 4 is 43.2 Å². The van der Waals surface area contributed by atoms with Crippen molar-refractivity contribution < 1.29 is 16.5 Å². The van der Waals surface area contributed by atoms with E-state index in [-0.39, 0.29) is 16.5 Å². The molecular weight excluding hydrogens is 403 g/mol. The van der Waals surface area contributed by atoms with Crippen LogP contribution < -0.4 is 0 Å². The minimum atomic E-state index is 0. The van der Waals surface area contributed by atoms with E-state index in [4.69, 9.17) is 0 Å². The molecule has 2 unspecified atom stereocenters. The summed E-state index contributed by atoms with van der Waals surface area (Å²) in [5, 5.41) is 5.45. The van der Waals surface area contributed by atoms with Crippen LogP contribution >= 0.6 is 43.2 Å². The molecule has 2 heterocycles. The molecule has 2 aliphatic heterocycles. The second kappa shape index (κ2) is 10.6. The van der Waals surface area contributed by atoms with E-state index in [1.165, 1.54) is 11.1 Å². The van der Waals surface area contributed by atoms with Gasteiger partial charge >= 0.3 is 16.5 Å². The van der Waals surface area contributed by atoms with Gasteiger partial charge in [-0.15, -0.1) is 0 Å². The summed E-state index contributed by atoms with van der Waals surface area (Å²) < 4.78 is 0. The summed E-state index contributed by atoms with van der Waals surface area (Å²) in [5.41, 5.74) is 2.80. The van der Waals surface area contributed by atoms with Gasteiger partial charge in [0.2, 0.25) is 0 Å². The monoisotopic (exact) mass is 418 g/mol. The molecule has 0 saturated heterocycles. The molecule has 0 aromatic heterocycles. The van der Waals surface area contributed by atoms with Crippen LogP contribution in [-0.4, -0.2) is 0 Å². The summed E-state index contributed by atoms with van der Waals surface area (Å²) in [6, 6.07) is 21.2. The van der Waals surface area contributed by atoms with Crippen LogP contribution in [0.3, 0.4) is 0 Å². The third-order valence-electron chi connectivity index (χ3n) is 3.19. The Morgan fingerprint density at radius 3 is 1.26 bits per heavy atom. The molecule has 2 aromatic rings. The number of hydrogen-bond acceptors (Lipinski definition) is 4. The van der Waals surface area contributed by atoms with Crippen LogP contribution in [0, 0.1) is 0 Å². The van der Waals surface area contributed by atoms with Crippen LogP contribution in [-0.2, 0) is 16.5 Å². The predicted molar refractivity (Wildman–Crippen MR) is 107 cm³/mol. The largest absolute Gasteiger partial charge is 3.00 e. The fourth-order valence-electron chi connectivity index (χ4n) is 2.07. The van der Waals surface area contributed by atoms with E-state index in [1.54, 1.807) is 0 Å². The Morgan fingerprint density at radius 1 is 0.565 bits per heavy atom. The van der Waals surface area contributed by atoms with Crippen molar-refractivity contribution in [3.05, 3.63) is 94.8 Å². The molecule has 23 heavy (non-hydrogen) atoms. The first-order valence-electron chi connectivity index (χ1n) is 7.01. The molecule has 0 amide bonds. The zero-order valence-electron chi connectivity index (χ0n) is 12.2. The zero-order valence-corrected chi connectivity index (χ0v) is 16.4. The molecule has 0 N–H and O–H groups in total. The summed E-state index contributed by atoms with van der Waals surface area (Å²) in [4.78, 5) is 0. The minimum Gasteiger partial charge on any atom is -0.0770 e. The summed E-state index contributed by atoms with van der Waals surface area (Å²) in [7, 11) is 7.43. The molecule has 0 saturated carbocycles. The van der Waals surface area contributed by atoms with Gasteiger partial charge in [-0.05, 0) is 21.9 Å². The Hall–Kier alpha value is -0.186. The minimum absolute atomic E-state index is 0. The zero-order chi connectivity index (χ0) is 15.0. The van der Waals surface area contributed by atoms with E-state index < -0.39 is 0 Å². The van der Waals surface area contributed by atoms with Gasteiger partial charge in [-0.3, -0.25) is 0 Å². The molecule has 0 aliphatic carbocycles. The first-order chi connectivity index (χ1) is 10.9. The second-order valence-electron chi connectivity index (χ2n) is 4.70. The second-order valence-corrected chi connectivity index (χ2v) is 9.34. The van der Waals surface area contributed by atoms with E-state index in [0.717, 1.165) is 0 Å². The molecule has 0 fully saturated rings. The fourth-order valence-corrected chi connectivity index (χ4v) is 6.44. The quantitative estimate of drug-likeness (QED) is 0.371. The van der Waals surface area contributed by atoms with Crippen LogP contribution in [0.4, 0.5) is 0 Å². The van der Waals surface area contributed by atoms with Crippen LogP contribution in [0.15, 0.2) is 83.6 Å². The standard InChI is InChI=1S/2C9H8S2.Ni/c2*1-2-4-8(5-3-1)9-6-7-10-11-9;/h2*1-7,9H;/q;;+3. The van der Waals surface area contributed by atoms with Gasteiger partial charge in [-0.1, -0.05) is 116 Å². The van der Waals surface area contributed by atoms with E-state index in [0.29, 0.717) is 10.5 Å². The van der Waals surface area contributed by atoms with Crippen LogP contribution in [0.5, 0.6) is 0 Å². The Kier molecular flexibility index (Phi) is 8.85. The Labute approximate surface area is 164 Å². The van der Waals surface area contributed by atoms with Crippen LogP contribution in [0.1, 0.15) is 21.6 Å². The molecule has 0 spiro atoms. The fraction of sp³-hybridized carbons (Fsp3) is 0.111. The van der Waals surface area contributed by atoms with Crippen molar-refractivity contribution in [2.24, 2.45) is 0 Å². The molecule has 4 rings (SSSR count). The average molecular weight is 419 g/mol. The van der Waals surface area contributed by atoms with Gasteiger partial charge in [0.15, 0.2) is 0 Å². The number of hydrogen-bond donors (Lipinski definition) is 0. The molecule has 2 atom stereocenters. The van der Waals surface area contributed by atoms with E-state index >= 15 is 0 Å². The van der Waals surface area contributed by atoms with Gasteiger partial charge in [-0.2, -0.15) is 0 Å². The van der Waals surface area contributed by atoms with Gasteiger partial charge in [-0.25, -0.2) is 0 Å². The Morgan fingerprint density at radius 2 is 0.957 bits per heavy atom. The molecule has 0 bridgehead atoms. The molecule has 119 valence electrons. The molecule has 5 heteroatoms. The van der Waals surface area contributed by atoms with E-state index in [1.807, 2.05) is 43.2 Å². The van der Waals surface area contributed by atoms with Gasteiger partial charge in [0.1, 0.15) is 0 Å². The summed E-state index contributed by atoms with van der Waals surface area (Å²) in [6.45, 7) is 0. The molecular formula is C18H16NiS4+3. The third kappa shape index (κ3) is 5.99. The number of rotatable bonds is 2. The molecule has 0 nitrogen and oxygen atoms in total. The van der Waals surface area contributed by atoms with Gasteiger partial charge in [0.05, 0.1) is 10.5 Å². The van der Waals surface area contributed by atoms with Crippen molar-refractivity contribution in [2.45, 2.75) is 10.5 Å². The number of benzene rings is 2. The van der Waals surface area contributed by atoms with Crippen molar-refractivity contribution in [3.63, 3.8) is 0 Å². The smallest absolute Gasteiger partial charge is 0.0770 e. The van der Waals surface area contributed by atoms with Gasteiger partial charge in [0, 0.05) is 0 Å². The topological polar surface area (TPSA) is 0 Å². The molecule has 1 radical (unpaired) electrons. The SMILES string of the molecule is C1=CC(c2ccccc2)SS1.C1=CC(c2ccccc2)SS1.[Ni+3]. The van der Waals surface area contributed by atoms with Crippen molar-refractivity contribution in [1.82, 2.24) is 0 Å².